The second kappa shape index (κ2) is 11.9. The topological polar surface area (TPSA) is 77.6 Å². The summed E-state index contributed by atoms with van der Waals surface area (Å²) in [7, 11) is 1.96. The molecule has 3 N–H and O–H groups in total. The summed E-state index contributed by atoms with van der Waals surface area (Å²) in [5.41, 5.74) is 7.56. The summed E-state index contributed by atoms with van der Waals surface area (Å²) in [6.07, 6.45) is 3.83. The first-order valence-electron chi connectivity index (χ1n) is 14.2. The molecule has 1 aliphatic rings. The molecule has 2 heterocycles. The molecule has 6 heteroatoms. The van der Waals surface area contributed by atoms with Crippen LogP contribution in [0.4, 0.5) is 5.69 Å². The molecule has 0 saturated carbocycles. The summed E-state index contributed by atoms with van der Waals surface area (Å²) in [6.45, 7) is 1.98. The molecule has 6 rings (SSSR count). The Morgan fingerprint density at radius 3 is 2.61 bits per heavy atom. The van der Waals surface area contributed by atoms with Crippen LogP contribution in [0.15, 0.2) is 97.2 Å². The quantitative estimate of drug-likeness (QED) is 0.198. The van der Waals surface area contributed by atoms with E-state index in [0.717, 1.165) is 46.4 Å². The number of anilines is 1. The Kier molecular flexibility index (Phi) is 7.74. The number of aromatic nitrogens is 1. The Morgan fingerprint density at radius 2 is 1.80 bits per heavy atom. The average molecular weight is 546 g/mol. The van der Waals surface area contributed by atoms with E-state index in [4.69, 9.17) is 4.74 Å². The fraction of sp³-hybridized carbons (Fsp3) is 0.229. The molecule has 0 fully saturated rings. The zero-order valence-electron chi connectivity index (χ0n) is 23.3. The lowest BCUT2D eigenvalue weighted by Crippen LogP contribution is -2.42. The molecular formula is C35H35N3O3. The van der Waals surface area contributed by atoms with Crippen LogP contribution in [-0.4, -0.2) is 36.1 Å². The molecule has 5 aromatic rings. The van der Waals surface area contributed by atoms with Crippen molar-refractivity contribution < 1.29 is 14.6 Å². The lowest BCUT2D eigenvalue weighted by molar-refractivity contribution is -0.118. The standard InChI is InChI=1S/C35H35N3O3/c1-36-20-25-17-28-11-14-31(41-23-24-7-9-27(10-8-24)26-5-3-2-4-6-26)19-34(28)38(22-25)35(40)16-12-29-21-37-33-15-13-30(39)18-32(29)33/h2-11,13-15,18-19,21,25,36-37,39H,12,16-17,20,22-23H2,1H3. The van der Waals surface area contributed by atoms with E-state index >= 15 is 0 Å². The number of benzene rings is 4. The first kappa shape index (κ1) is 26.7. The number of aryl methyl sites for hydroxylation is 1. The first-order chi connectivity index (χ1) is 20.1. The number of hydrogen-bond donors (Lipinski definition) is 3. The smallest absolute Gasteiger partial charge is 0.227 e. The molecule has 6 nitrogen and oxygen atoms in total. The predicted molar refractivity (Wildman–Crippen MR) is 164 cm³/mol. The Morgan fingerprint density at radius 1 is 1.00 bits per heavy atom. The summed E-state index contributed by atoms with van der Waals surface area (Å²) in [4.78, 5) is 18.8. The third kappa shape index (κ3) is 5.98. The van der Waals surface area contributed by atoms with Crippen molar-refractivity contribution in [2.45, 2.75) is 25.9 Å². The van der Waals surface area contributed by atoms with Gasteiger partial charge in [-0.05, 0) is 84.4 Å². The second-order valence-electron chi connectivity index (χ2n) is 10.8. The van der Waals surface area contributed by atoms with Gasteiger partial charge in [0.25, 0.3) is 0 Å². The molecule has 1 amide bonds. The number of phenolic OH excluding ortho intramolecular Hbond substituents is 1. The lowest BCUT2D eigenvalue weighted by Gasteiger charge is -2.35. The first-order valence-corrected chi connectivity index (χ1v) is 14.2. The number of nitrogens with zero attached hydrogens (tertiary/aromatic N) is 1. The van der Waals surface area contributed by atoms with Gasteiger partial charge in [0.05, 0.1) is 5.69 Å². The van der Waals surface area contributed by atoms with Gasteiger partial charge in [0.15, 0.2) is 0 Å². The Bertz CT molecular complexity index is 1640. The van der Waals surface area contributed by atoms with Gasteiger partial charge < -0.3 is 25.0 Å². The highest BCUT2D eigenvalue weighted by molar-refractivity contribution is 5.95. The summed E-state index contributed by atoms with van der Waals surface area (Å²) in [6, 6.07) is 30.2. The number of phenols is 1. The number of carbonyl (C=O) groups is 1. The highest BCUT2D eigenvalue weighted by Gasteiger charge is 2.28. The number of fused-ring (bicyclic) bond motifs is 2. The third-order valence-corrected chi connectivity index (χ3v) is 7.92. The maximum absolute atomic E-state index is 13.7. The number of rotatable bonds is 9. The number of aromatic hydroxyl groups is 1. The van der Waals surface area contributed by atoms with Crippen molar-refractivity contribution in [2.24, 2.45) is 5.92 Å². The van der Waals surface area contributed by atoms with Crippen molar-refractivity contribution in [3.8, 4) is 22.6 Å². The van der Waals surface area contributed by atoms with Crippen molar-refractivity contribution in [1.29, 1.82) is 0 Å². The molecule has 0 bridgehead atoms. The van der Waals surface area contributed by atoms with E-state index in [1.807, 2.05) is 54.5 Å². The van der Waals surface area contributed by atoms with E-state index in [2.05, 4.69) is 52.8 Å². The van der Waals surface area contributed by atoms with E-state index in [9.17, 15) is 9.90 Å². The molecule has 1 unspecified atom stereocenters. The Labute approximate surface area is 240 Å². The highest BCUT2D eigenvalue weighted by Crippen LogP contribution is 2.34. The van der Waals surface area contributed by atoms with E-state index in [1.165, 1.54) is 16.7 Å². The number of hydrogen-bond acceptors (Lipinski definition) is 4. The molecule has 1 atom stereocenters. The van der Waals surface area contributed by atoms with Crippen LogP contribution < -0.4 is 15.0 Å². The number of amides is 1. The van der Waals surface area contributed by atoms with Crippen LogP contribution in [0.3, 0.4) is 0 Å². The number of nitrogens with one attached hydrogen (secondary N) is 2. The summed E-state index contributed by atoms with van der Waals surface area (Å²) >= 11 is 0. The van der Waals surface area contributed by atoms with Gasteiger partial charge in [-0.3, -0.25) is 4.79 Å². The van der Waals surface area contributed by atoms with Gasteiger partial charge >= 0.3 is 0 Å². The van der Waals surface area contributed by atoms with E-state index < -0.39 is 0 Å². The van der Waals surface area contributed by atoms with Gasteiger partial charge in [0.2, 0.25) is 5.91 Å². The van der Waals surface area contributed by atoms with Gasteiger partial charge in [-0.15, -0.1) is 0 Å². The van der Waals surface area contributed by atoms with Gasteiger partial charge in [0.1, 0.15) is 18.1 Å². The zero-order chi connectivity index (χ0) is 28.2. The van der Waals surface area contributed by atoms with Crippen molar-refractivity contribution in [2.75, 3.05) is 25.0 Å². The van der Waals surface area contributed by atoms with Gasteiger partial charge in [-0.2, -0.15) is 0 Å². The molecule has 1 aliphatic heterocycles. The average Bonchev–Trinajstić information content (AvgIpc) is 3.41. The molecule has 0 saturated heterocycles. The third-order valence-electron chi connectivity index (χ3n) is 7.92. The van der Waals surface area contributed by atoms with E-state index in [0.29, 0.717) is 31.9 Å². The highest BCUT2D eigenvalue weighted by atomic mass is 16.5. The maximum Gasteiger partial charge on any atom is 0.227 e. The fourth-order valence-electron chi connectivity index (χ4n) is 5.79. The summed E-state index contributed by atoms with van der Waals surface area (Å²) < 4.78 is 6.21. The van der Waals surface area contributed by atoms with Crippen molar-refractivity contribution in [3.05, 3.63) is 114 Å². The lowest BCUT2D eigenvalue weighted by atomic mass is 9.91. The molecule has 1 aromatic heterocycles. The van der Waals surface area contributed by atoms with Crippen molar-refractivity contribution >= 4 is 22.5 Å². The molecule has 41 heavy (non-hydrogen) atoms. The SMILES string of the molecule is CNCC1Cc2ccc(OCc3ccc(-c4ccccc4)cc3)cc2N(C(=O)CCc2c[nH]c3ccc(O)cc23)C1. The number of H-pyrrole nitrogens is 1. The predicted octanol–water partition coefficient (Wildman–Crippen LogP) is 6.48. The van der Waals surface area contributed by atoms with Crippen LogP contribution in [0.1, 0.15) is 23.1 Å². The van der Waals surface area contributed by atoms with Crippen LogP contribution in [0.5, 0.6) is 11.5 Å². The number of ether oxygens (including phenoxy) is 1. The Hall–Kier alpha value is -4.55. The number of aromatic amines is 1. The minimum atomic E-state index is 0.0928. The minimum Gasteiger partial charge on any atom is -0.508 e. The molecule has 0 spiro atoms. The fourth-order valence-corrected chi connectivity index (χ4v) is 5.79. The van der Waals surface area contributed by atoms with Crippen molar-refractivity contribution in [1.82, 2.24) is 10.3 Å². The zero-order valence-corrected chi connectivity index (χ0v) is 23.3. The minimum absolute atomic E-state index is 0.0928. The summed E-state index contributed by atoms with van der Waals surface area (Å²) in [5, 5.41) is 14.2. The van der Waals surface area contributed by atoms with Gasteiger partial charge in [0, 0.05) is 36.1 Å². The normalized spacial score (nSPS) is 14.7. The molecular weight excluding hydrogens is 510 g/mol. The van der Waals surface area contributed by atoms with Crippen LogP contribution in [0.2, 0.25) is 0 Å². The number of carbonyl (C=O) groups excluding carboxylic acids is 1. The Balaban J connectivity index is 1.16. The van der Waals surface area contributed by atoms with Gasteiger partial charge in [-0.25, -0.2) is 0 Å². The summed E-state index contributed by atoms with van der Waals surface area (Å²) in [5.74, 6) is 1.42. The van der Waals surface area contributed by atoms with E-state index in [1.54, 1.807) is 12.1 Å². The van der Waals surface area contributed by atoms with Gasteiger partial charge in [-0.1, -0.05) is 60.7 Å². The molecule has 4 aromatic carbocycles. The molecule has 208 valence electrons. The van der Waals surface area contributed by atoms with Crippen LogP contribution in [0.25, 0.3) is 22.0 Å². The largest absolute Gasteiger partial charge is 0.508 e. The molecule has 0 radical (unpaired) electrons. The maximum atomic E-state index is 13.7. The van der Waals surface area contributed by atoms with Crippen molar-refractivity contribution in [3.63, 3.8) is 0 Å². The van der Waals surface area contributed by atoms with Crippen LogP contribution in [0, 0.1) is 5.92 Å². The monoisotopic (exact) mass is 545 g/mol. The van der Waals surface area contributed by atoms with Crippen LogP contribution >= 0.6 is 0 Å². The second-order valence-corrected chi connectivity index (χ2v) is 10.8. The molecule has 0 aliphatic carbocycles. The van der Waals surface area contributed by atoms with E-state index in [-0.39, 0.29) is 11.7 Å². The van der Waals surface area contributed by atoms with Crippen LogP contribution in [-0.2, 0) is 24.2 Å².